The van der Waals surface area contributed by atoms with Crippen LogP contribution in [0, 0.1) is 0 Å². The van der Waals surface area contributed by atoms with Gasteiger partial charge in [0.25, 0.3) is 0 Å². The number of hydrogen-bond donors (Lipinski definition) is 0. The summed E-state index contributed by atoms with van der Waals surface area (Å²) < 4.78 is 8.40. The topological polar surface area (TPSA) is 31.0 Å². The van der Waals surface area contributed by atoms with E-state index >= 15 is 0 Å². The lowest BCUT2D eigenvalue weighted by molar-refractivity contribution is 0.669. The average Bonchev–Trinajstić information content (AvgIpc) is 3.37. The van der Waals surface area contributed by atoms with Crippen LogP contribution in [-0.2, 0) is 5.75 Å². The summed E-state index contributed by atoms with van der Waals surface area (Å²) in [5.74, 6) is 1.99. The van der Waals surface area contributed by atoms with Crippen LogP contribution in [0.3, 0.4) is 0 Å². The van der Waals surface area contributed by atoms with Crippen LogP contribution in [0.2, 0.25) is 0 Å². The SMILES string of the molecule is c1ccc2c(c1)nc1n2-c2ccc(-c3cccc4oc5ccccc5c34)cc2SC1. The molecule has 4 heteroatoms. The number of imidazole rings is 1. The number of hydrogen-bond acceptors (Lipinski definition) is 3. The molecule has 0 atom stereocenters. The van der Waals surface area contributed by atoms with E-state index in [-0.39, 0.29) is 0 Å². The molecule has 3 heterocycles. The third-order valence-electron chi connectivity index (χ3n) is 5.90. The predicted octanol–water partition coefficient (Wildman–Crippen LogP) is 7.20. The number of rotatable bonds is 1. The molecule has 0 spiro atoms. The van der Waals surface area contributed by atoms with Crippen molar-refractivity contribution in [2.75, 3.05) is 0 Å². The first kappa shape index (κ1) is 16.3. The molecule has 0 N–H and O–H groups in total. The van der Waals surface area contributed by atoms with E-state index in [1.54, 1.807) is 0 Å². The molecule has 3 nitrogen and oxygen atoms in total. The number of fused-ring (bicyclic) bond motifs is 8. The number of benzene rings is 4. The van der Waals surface area contributed by atoms with Gasteiger partial charge in [0.1, 0.15) is 17.0 Å². The highest BCUT2D eigenvalue weighted by atomic mass is 32.2. The highest BCUT2D eigenvalue weighted by Crippen LogP contribution is 2.42. The summed E-state index contributed by atoms with van der Waals surface area (Å²) in [5.41, 5.74) is 7.73. The van der Waals surface area contributed by atoms with E-state index in [0.717, 1.165) is 33.6 Å². The highest BCUT2D eigenvalue weighted by Gasteiger charge is 2.21. The summed E-state index contributed by atoms with van der Waals surface area (Å²) in [7, 11) is 0. The van der Waals surface area contributed by atoms with Crippen molar-refractivity contribution >= 4 is 44.7 Å². The molecule has 0 fully saturated rings. The maximum Gasteiger partial charge on any atom is 0.136 e. The first-order valence-corrected chi connectivity index (χ1v) is 11.0. The van der Waals surface area contributed by atoms with E-state index in [0.29, 0.717) is 0 Å². The van der Waals surface area contributed by atoms with Crippen LogP contribution < -0.4 is 0 Å². The fourth-order valence-corrected chi connectivity index (χ4v) is 5.58. The molecule has 30 heavy (non-hydrogen) atoms. The van der Waals surface area contributed by atoms with Crippen molar-refractivity contribution in [3.63, 3.8) is 0 Å². The molecule has 4 aromatic carbocycles. The molecular formula is C26H16N2OS. The summed E-state index contributed by atoms with van der Waals surface area (Å²) >= 11 is 1.86. The fraction of sp³-hybridized carbons (Fsp3) is 0.0385. The first-order valence-electron chi connectivity index (χ1n) is 10.0. The molecule has 142 valence electrons. The molecule has 6 aromatic rings. The number of aromatic nitrogens is 2. The minimum absolute atomic E-state index is 0.879. The molecule has 0 amide bonds. The molecule has 0 bridgehead atoms. The van der Waals surface area contributed by atoms with Gasteiger partial charge >= 0.3 is 0 Å². The molecule has 0 unspecified atom stereocenters. The minimum Gasteiger partial charge on any atom is -0.456 e. The molecule has 1 aliphatic heterocycles. The second kappa shape index (κ2) is 6.00. The Morgan fingerprint density at radius 3 is 2.70 bits per heavy atom. The summed E-state index contributed by atoms with van der Waals surface area (Å²) in [6.07, 6.45) is 0. The van der Waals surface area contributed by atoms with Crippen molar-refractivity contribution in [1.29, 1.82) is 0 Å². The van der Waals surface area contributed by atoms with Gasteiger partial charge in [-0.2, -0.15) is 0 Å². The van der Waals surface area contributed by atoms with Gasteiger partial charge < -0.3 is 4.42 Å². The molecule has 0 radical (unpaired) electrons. The fourth-order valence-electron chi connectivity index (χ4n) is 4.58. The number of furan rings is 1. The molecule has 7 rings (SSSR count). The summed E-state index contributed by atoms with van der Waals surface area (Å²) in [6.45, 7) is 0. The predicted molar refractivity (Wildman–Crippen MR) is 123 cm³/mol. The van der Waals surface area contributed by atoms with Crippen molar-refractivity contribution in [2.24, 2.45) is 0 Å². The van der Waals surface area contributed by atoms with Crippen molar-refractivity contribution in [3.8, 4) is 16.8 Å². The van der Waals surface area contributed by atoms with Crippen LogP contribution in [0.5, 0.6) is 0 Å². The van der Waals surface area contributed by atoms with Gasteiger partial charge in [-0.05, 0) is 47.5 Å². The lowest BCUT2D eigenvalue weighted by atomic mass is 9.99. The van der Waals surface area contributed by atoms with Crippen LogP contribution in [0.4, 0.5) is 0 Å². The molecule has 0 saturated carbocycles. The van der Waals surface area contributed by atoms with Gasteiger partial charge in [-0.1, -0.05) is 48.5 Å². The summed E-state index contributed by atoms with van der Waals surface area (Å²) in [5, 5.41) is 2.35. The van der Waals surface area contributed by atoms with Crippen LogP contribution in [0.15, 0.2) is 94.2 Å². The molecule has 1 aliphatic rings. The number of thioether (sulfide) groups is 1. The van der Waals surface area contributed by atoms with E-state index in [4.69, 9.17) is 9.40 Å². The van der Waals surface area contributed by atoms with Gasteiger partial charge in [-0.25, -0.2) is 4.98 Å². The van der Waals surface area contributed by atoms with Crippen molar-refractivity contribution in [3.05, 3.63) is 90.8 Å². The molecule has 2 aromatic heterocycles. The Morgan fingerprint density at radius 1 is 0.833 bits per heavy atom. The zero-order chi connectivity index (χ0) is 19.7. The monoisotopic (exact) mass is 404 g/mol. The smallest absolute Gasteiger partial charge is 0.136 e. The zero-order valence-electron chi connectivity index (χ0n) is 16.0. The quantitative estimate of drug-likeness (QED) is 0.290. The third kappa shape index (κ3) is 2.20. The van der Waals surface area contributed by atoms with Gasteiger partial charge in [-0.3, -0.25) is 4.57 Å². The van der Waals surface area contributed by atoms with Gasteiger partial charge in [0.05, 0.1) is 22.5 Å². The van der Waals surface area contributed by atoms with Gasteiger partial charge in [0.2, 0.25) is 0 Å². The second-order valence-corrected chi connectivity index (χ2v) is 8.62. The maximum atomic E-state index is 6.09. The minimum atomic E-state index is 0.879. The molecule has 0 saturated heterocycles. The van der Waals surface area contributed by atoms with Gasteiger partial charge in [0.15, 0.2) is 0 Å². The van der Waals surface area contributed by atoms with Crippen molar-refractivity contribution in [1.82, 2.24) is 9.55 Å². The average molecular weight is 404 g/mol. The Bertz CT molecular complexity index is 1610. The van der Waals surface area contributed by atoms with E-state index in [1.807, 2.05) is 30.0 Å². The normalized spacial score (nSPS) is 13.1. The lowest BCUT2D eigenvalue weighted by Crippen LogP contribution is -2.06. The Labute approximate surface area is 177 Å². The Kier molecular flexibility index (Phi) is 3.26. The van der Waals surface area contributed by atoms with E-state index < -0.39 is 0 Å². The van der Waals surface area contributed by atoms with Crippen molar-refractivity contribution in [2.45, 2.75) is 10.6 Å². The second-order valence-electron chi connectivity index (χ2n) is 7.60. The standard InChI is InChI=1S/C26H16N2OS/c1-4-10-22-18(6-1)26-17(7-5-11-23(26)29-22)16-12-13-21-24(14-16)30-15-25-27-19-8-2-3-9-20(19)28(21)25/h1-14H,15H2. The Hall–Kier alpha value is -3.50. The van der Waals surface area contributed by atoms with Crippen molar-refractivity contribution < 1.29 is 4.42 Å². The largest absolute Gasteiger partial charge is 0.456 e. The Morgan fingerprint density at radius 2 is 1.70 bits per heavy atom. The highest BCUT2D eigenvalue weighted by molar-refractivity contribution is 7.98. The molecule has 0 aliphatic carbocycles. The van der Waals surface area contributed by atoms with Gasteiger partial charge in [-0.15, -0.1) is 11.8 Å². The molecular weight excluding hydrogens is 388 g/mol. The van der Waals surface area contributed by atoms with Crippen LogP contribution in [0.25, 0.3) is 49.8 Å². The third-order valence-corrected chi connectivity index (χ3v) is 6.94. The van der Waals surface area contributed by atoms with Crippen LogP contribution in [-0.4, -0.2) is 9.55 Å². The van der Waals surface area contributed by atoms with Crippen LogP contribution >= 0.6 is 11.8 Å². The van der Waals surface area contributed by atoms with E-state index in [9.17, 15) is 0 Å². The number of nitrogens with zero attached hydrogens (tertiary/aromatic N) is 2. The zero-order valence-corrected chi connectivity index (χ0v) is 16.8. The Balaban J connectivity index is 1.47. The summed E-state index contributed by atoms with van der Waals surface area (Å²) in [4.78, 5) is 6.12. The lowest BCUT2D eigenvalue weighted by Gasteiger charge is -2.20. The number of para-hydroxylation sites is 3. The first-order chi connectivity index (χ1) is 14.9. The maximum absolute atomic E-state index is 6.09. The van der Waals surface area contributed by atoms with Gasteiger partial charge in [0, 0.05) is 15.7 Å². The van der Waals surface area contributed by atoms with E-state index in [2.05, 4.69) is 71.3 Å². The van der Waals surface area contributed by atoms with Crippen LogP contribution in [0.1, 0.15) is 5.82 Å². The summed E-state index contributed by atoms with van der Waals surface area (Å²) in [6, 6.07) is 29.7. The van der Waals surface area contributed by atoms with E-state index in [1.165, 1.54) is 32.6 Å².